The van der Waals surface area contributed by atoms with Gasteiger partial charge in [0.05, 0.1) is 12.5 Å². The van der Waals surface area contributed by atoms with Gasteiger partial charge >= 0.3 is 5.97 Å². The number of ether oxygens (including phenoxy) is 1. The number of esters is 1. The van der Waals surface area contributed by atoms with Gasteiger partial charge in [0.25, 0.3) is 0 Å². The molecule has 0 radical (unpaired) electrons. The summed E-state index contributed by atoms with van der Waals surface area (Å²) in [6.07, 6.45) is 6.04. The van der Waals surface area contributed by atoms with Crippen molar-refractivity contribution in [3.05, 3.63) is 30.1 Å². The minimum absolute atomic E-state index is 0.192. The van der Waals surface area contributed by atoms with Gasteiger partial charge in [-0.3, -0.25) is 9.78 Å². The number of nitrogens with zero attached hydrogens (tertiary/aromatic N) is 1. The first kappa shape index (κ1) is 11.1. The predicted molar refractivity (Wildman–Crippen MR) is 59.5 cm³/mol. The monoisotopic (exact) mass is 220 g/mol. The molecule has 0 spiro atoms. The number of hydrogen-bond donors (Lipinski definition) is 1. The van der Waals surface area contributed by atoms with Gasteiger partial charge in [0.2, 0.25) is 0 Å². The molecule has 1 atom stereocenters. The molecule has 1 heterocycles. The Bertz CT molecular complexity index is 374. The van der Waals surface area contributed by atoms with E-state index in [0.29, 0.717) is 0 Å². The van der Waals surface area contributed by atoms with Crippen molar-refractivity contribution in [2.24, 2.45) is 11.1 Å². The normalized spacial score (nSPS) is 19.6. The Morgan fingerprint density at radius 2 is 2.12 bits per heavy atom. The van der Waals surface area contributed by atoms with Gasteiger partial charge in [-0.1, -0.05) is 6.42 Å². The molecule has 0 aromatic carbocycles. The lowest BCUT2D eigenvalue weighted by molar-refractivity contribution is -0.160. The summed E-state index contributed by atoms with van der Waals surface area (Å²) in [6.45, 7) is 0. The summed E-state index contributed by atoms with van der Waals surface area (Å²) in [5.74, 6) is -0.192. The molecule has 1 aliphatic carbocycles. The van der Waals surface area contributed by atoms with Crippen molar-refractivity contribution in [1.82, 2.24) is 4.98 Å². The van der Waals surface area contributed by atoms with Crippen molar-refractivity contribution in [2.75, 3.05) is 7.11 Å². The summed E-state index contributed by atoms with van der Waals surface area (Å²) in [6, 6.07) is 3.41. The molecule has 16 heavy (non-hydrogen) atoms. The molecule has 1 fully saturated rings. The number of methoxy groups -OCH3 is 1. The van der Waals surface area contributed by atoms with Crippen LogP contribution in [0.25, 0.3) is 0 Å². The van der Waals surface area contributed by atoms with Gasteiger partial charge in [0, 0.05) is 18.4 Å². The fourth-order valence-electron chi connectivity index (χ4n) is 2.29. The maximum atomic E-state index is 11.8. The standard InChI is InChI=1S/C12H16N2O2/c1-16-11(15)12(5-2-6-12)10(13)9-3-7-14-8-4-9/h3-4,7-8,10H,2,5-6,13H2,1H3. The number of pyridine rings is 1. The molecule has 1 aromatic heterocycles. The minimum Gasteiger partial charge on any atom is -0.469 e. The Morgan fingerprint density at radius 1 is 1.50 bits per heavy atom. The van der Waals surface area contributed by atoms with E-state index in [0.717, 1.165) is 24.8 Å². The predicted octanol–water partition coefficient (Wildman–Crippen LogP) is 1.42. The lowest BCUT2D eigenvalue weighted by Gasteiger charge is -2.43. The van der Waals surface area contributed by atoms with Crippen LogP contribution in [0.4, 0.5) is 0 Å². The van der Waals surface area contributed by atoms with Crippen LogP contribution in [0.2, 0.25) is 0 Å². The molecule has 2 N–H and O–H groups in total. The summed E-state index contributed by atoms with van der Waals surface area (Å²) < 4.78 is 4.87. The highest BCUT2D eigenvalue weighted by molar-refractivity contribution is 5.79. The lowest BCUT2D eigenvalue weighted by atomic mass is 9.62. The summed E-state index contributed by atoms with van der Waals surface area (Å²) in [4.78, 5) is 15.8. The van der Waals surface area contributed by atoms with Gasteiger partial charge in [-0.25, -0.2) is 0 Å². The fourth-order valence-corrected chi connectivity index (χ4v) is 2.29. The second-order valence-corrected chi connectivity index (χ2v) is 4.26. The van der Waals surface area contributed by atoms with E-state index >= 15 is 0 Å². The largest absolute Gasteiger partial charge is 0.469 e. The summed E-state index contributed by atoms with van der Waals surface area (Å²) in [5, 5.41) is 0. The van der Waals surface area contributed by atoms with Crippen molar-refractivity contribution in [3.8, 4) is 0 Å². The Balaban J connectivity index is 2.26. The zero-order chi connectivity index (χ0) is 11.6. The number of aromatic nitrogens is 1. The van der Waals surface area contributed by atoms with E-state index in [2.05, 4.69) is 4.98 Å². The van der Waals surface area contributed by atoms with E-state index in [-0.39, 0.29) is 12.0 Å². The van der Waals surface area contributed by atoms with Crippen LogP contribution in [0, 0.1) is 5.41 Å². The molecule has 86 valence electrons. The van der Waals surface area contributed by atoms with Crippen molar-refractivity contribution in [3.63, 3.8) is 0 Å². The molecule has 1 aliphatic rings. The third-order valence-electron chi connectivity index (χ3n) is 3.50. The van der Waals surface area contributed by atoms with Crippen LogP contribution in [0.15, 0.2) is 24.5 Å². The number of nitrogens with two attached hydrogens (primary N) is 1. The third kappa shape index (κ3) is 1.59. The first-order valence-corrected chi connectivity index (χ1v) is 5.44. The lowest BCUT2D eigenvalue weighted by Crippen LogP contribution is -2.47. The van der Waals surface area contributed by atoms with Crippen LogP contribution in [0.5, 0.6) is 0 Å². The van der Waals surface area contributed by atoms with Crippen molar-refractivity contribution >= 4 is 5.97 Å². The zero-order valence-electron chi connectivity index (χ0n) is 9.35. The molecular weight excluding hydrogens is 204 g/mol. The molecule has 2 rings (SSSR count). The second-order valence-electron chi connectivity index (χ2n) is 4.26. The van der Waals surface area contributed by atoms with E-state index in [4.69, 9.17) is 10.5 Å². The third-order valence-corrected chi connectivity index (χ3v) is 3.50. The molecule has 1 unspecified atom stereocenters. The van der Waals surface area contributed by atoms with E-state index in [9.17, 15) is 4.79 Å². The molecule has 0 saturated heterocycles. The minimum atomic E-state index is -0.518. The molecule has 1 saturated carbocycles. The summed E-state index contributed by atoms with van der Waals surface area (Å²) >= 11 is 0. The van der Waals surface area contributed by atoms with Crippen LogP contribution >= 0.6 is 0 Å². The van der Waals surface area contributed by atoms with Crippen LogP contribution in [-0.2, 0) is 9.53 Å². The first-order valence-electron chi connectivity index (χ1n) is 5.44. The Labute approximate surface area is 94.8 Å². The van der Waals surface area contributed by atoms with Crippen LogP contribution in [0.1, 0.15) is 30.9 Å². The van der Waals surface area contributed by atoms with Gasteiger partial charge in [-0.2, -0.15) is 0 Å². The van der Waals surface area contributed by atoms with Gasteiger partial charge in [0.1, 0.15) is 0 Å². The van der Waals surface area contributed by atoms with Gasteiger partial charge < -0.3 is 10.5 Å². The molecule has 0 aliphatic heterocycles. The highest BCUT2D eigenvalue weighted by Crippen LogP contribution is 2.49. The smallest absolute Gasteiger partial charge is 0.313 e. The molecule has 4 heteroatoms. The van der Waals surface area contributed by atoms with Gasteiger partial charge in [-0.15, -0.1) is 0 Å². The van der Waals surface area contributed by atoms with E-state index < -0.39 is 5.41 Å². The summed E-state index contributed by atoms with van der Waals surface area (Å²) in [7, 11) is 1.42. The molecule has 0 bridgehead atoms. The van der Waals surface area contributed by atoms with Crippen LogP contribution in [-0.4, -0.2) is 18.1 Å². The number of hydrogen-bond acceptors (Lipinski definition) is 4. The molecule has 4 nitrogen and oxygen atoms in total. The fraction of sp³-hybridized carbons (Fsp3) is 0.500. The van der Waals surface area contributed by atoms with Gasteiger partial charge in [0.15, 0.2) is 0 Å². The number of carbonyl (C=O) groups is 1. The molecular formula is C12H16N2O2. The highest BCUT2D eigenvalue weighted by atomic mass is 16.5. The maximum absolute atomic E-state index is 11.8. The van der Waals surface area contributed by atoms with Crippen LogP contribution in [0.3, 0.4) is 0 Å². The second kappa shape index (κ2) is 4.22. The summed E-state index contributed by atoms with van der Waals surface area (Å²) in [5.41, 5.74) is 6.61. The van der Waals surface area contributed by atoms with Crippen LogP contribution < -0.4 is 5.73 Å². The van der Waals surface area contributed by atoms with E-state index in [1.54, 1.807) is 12.4 Å². The Morgan fingerprint density at radius 3 is 2.56 bits per heavy atom. The molecule has 0 amide bonds. The van der Waals surface area contributed by atoms with E-state index in [1.807, 2.05) is 12.1 Å². The van der Waals surface area contributed by atoms with E-state index in [1.165, 1.54) is 7.11 Å². The van der Waals surface area contributed by atoms with Gasteiger partial charge in [-0.05, 0) is 30.5 Å². The Hall–Kier alpha value is -1.42. The first-order chi connectivity index (χ1) is 7.70. The topological polar surface area (TPSA) is 65.2 Å². The average molecular weight is 220 g/mol. The molecule has 1 aromatic rings. The van der Waals surface area contributed by atoms with Crippen molar-refractivity contribution < 1.29 is 9.53 Å². The van der Waals surface area contributed by atoms with Crippen molar-refractivity contribution in [2.45, 2.75) is 25.3 Å². The Kier molecular flexibility index (Phi) is 2.92. The highest BCUT2D eigenvalue weighted by Gasteiger charge is 2.50. The average Bonchev–Trinajstić information content (AvgIpc) is 2.28. The SMILES string of the molecule is COC(=O)C1(C(N)c2ccncc2)CCC1. The quantitative estimate of drug-likeness (QED) is 0.782. The number of carbonyl (C=O) groups excluding carboxylic acids is 1. The maximum Gasteiger partial charge on any atom is 0.313 e. The van der Waals surface area contributed by atoms with Crippen molar-refractivity contribution in [1.29, 1.82) is 0 Å². The number of rotatable bonds is 3. The zero-order valence-corrected chi connectivity index (χ0v) is 9.35.